The van der Waals surface area contributed by atoms with Crippen LogP contribution in [0.15, 0.2) is 46.4 Å². The third-order valence-corrected chi connectivity index (χ3v) is 9.47. The molecule has 0 aliphatic carbocycles. The predicted octanol–water partition coefficient (Wildman–Crippen LogP) is 14.6. The van der Waals surface area contributed by atoms with E-state index in [4.69, 9.17) is 9.98 Å². The maximum Gasteiger partial charge on any atom is 0.0636 e. The molecule has 0 unspecified atom stereocenters. The van der Waals surface area contributed by atoms with Gasteiger partial charge in [-0.15, -0.1) is 0 Å². The van der Waals surface area contributed by atoms with E-state index < -0.39 is 0 Å². The first-order valence-corrected chi connectivity index (χ1v) is 20.0. The number of benzene rings is 2. The Bertz CT molecular complexity index is 1120. The van der Waals surface area contributed by atoms with Crippen LogP contribution in [0.25, 0.3) is 0 Å². The first-order valence-electron chi connectivity index (χ1n) is 20.0. The molecule has 0 bridgehead atoms. The van der Waals surface area contributed by atoms with E-state index in [1.165, 1.54) is 156 Å². The molecule has 2 rings (SSSR count). The maximum absolute atomic E-state index is 5.47. The maximum atomic E-state index is 5.47. The van der Waals surface area contributed by atoms with Crippen molar-refractivity contribution in [3.05, 3.63) is 58.7 Å². The summed E-state index contributed by atoms with van der Waals surface area (Å²) in [5.74, 6) is 0. The average molecular weight is 629 g/mol. The van der Waals surface area contributed by atoms with Crippen molar-refractivity contribution in [2.24, 2.45) is 9.98 Å². The fourth-order valence-corrected chi connectivity index (χ4v) is 6.40. The first-order chi connectivity index (χ1) is 22.6. The number of aryl methyl sites for hydroxylation is 4. The van der Waals surface area contributed by atoms with Gasteiger partial charge in [-0.25, -0.2) is 0 Å². The zero-order chi connectivity index (χ0) is 33.2. The van der Waals surface area contributed by atoms with Gasteiger partial charge in [0.15, 0.2) is 0 Å². The second-order valence-corrected chi connectivity index (χ2v) is 13.8. The Balaban J connectivity index is 2.48. The van der Waals surface area contributed by atoms with Crippen LogP contribution in [0, 0.1) is 0 Å². The van der Waals surface area contributed by atoms with Crippen LogP contribution >= 0.6 is 0 Å². The van der Waals surface area contributed by atoms with E-state index in [0.29, 0.717) is 0 Å². The second kappa shape index (κ2) is 25.8. The molecule has 0 fully saturated rings. The Labute approximate surface area is 286 Å². The third kappa shape index (κ3) is 16.1. The summed E-state index contributed by atoms with van der Waals surface area (Å²) in [6.07, 6.45) is 29.7. The van der Waals surface area contributed by atoms with E-state index in [1.54, 1.807) is 0 Å². The van der Waals surface area contributed by atoms with Gasteiger partial charge in [-0.2, -0.15) is 0 Å². The lowest BCUT2D eigenvalue weighted by Crippen LogP contribution is -2.14. The molecule has 2 aromatic carbocycles. The summed E-state index contributed by atoms with van der Waals surface area (Å²) >= 11 is 0. The van der Waals surface area contributed by atoms with Crippen molar-refractivity contribution in [2.45, 2.75) is 196 Å². The lowest BCUT2D eigenvalue weighted by Gasteiger charge is -2.15. The highest BCUT2D eigenvalue weighted by molar-refractivity contribution is 6.43. The molecule has 0 heterocycles. The van der Waals surface area contributed by atoms with Crippen LogP contribution in [-0.2, 0) is 25.7 Å². The normalized spacial score (nSPS) is 12.3. The van der Waals surface area contributed by atoms with Gasteiger partial charge in [-0.1, -0.05) is 131 Å². The summed E-state index contributed by atoms with van der Waals surface area (Å²) in [6, 6.07) is 14.2. The van der Waals surface area contributed by atoms with Gasteiger partial charge in [0.1, 0.15) is 0 Å². The molecular weight excluding hydrogens is 556 g/mol. The van der Waals surface area contributed by atoms with Crippen molar-refractivity contribution in [2.75, 3.05) is 0 Å². The summed E-state index contributed by atoms with van der Waals surface area (Å²) in [7, 11) is 0. The molecule has 0 radical (unpaired) electrons. The number of rotatable bonds is 27. The second-order valence-electron chi connectivity index (χ2n) is 13.8. The molecule has 0 N–H and O–H groups in total. The number of hydrogen-bond acceptors (Lipinski definition) is 2. The highest BCUT2D eigenvalue weighted by atomic mass is 14.8. The quantitative estimate of drug-likeness (QED) is 0.0694. The lowest BCUT2D eigenvalue weighted by molar-refractivity contribution is 0.580. The fourth-order valence-electron chi connectivity index (χ4n) is 6.40. The predicted molar refractivity (Wildman–Crippen MR) is 208 cm³/mol. The van der Waals surface area contributed by atoms with Crippen molar-refractivity contribution in [1.82, 2.24) is 0 Å². The van der Waals surface area contributed by atoms with Crippen molar-refractivity contribution in [3.63, 3.8) is 0 Å². The van der Waals surface area contributed by atoms with Crippen LogP contribution in [0.4, 0.5) is 11.4 Å². The zero-order valence-electron chi connectivity index (χ0n) is 31.3. The average Bonchev–Trinajstić information content (AvgIpc) is 3.07. The van der Waals surface area contributed by atoms with Crippen molar-refractivity contribution in [1.29, 1.82) is 0 Å². The Morgan fingerprint density at radius 2 is 0.717 bits per heavy atom. The fraction of sp³-hybridized carbons (Fsp3) is 0.682. The molecule has 0 atom stereocenters. The van der Waals surface area contributed by atoms with Crippen molar-refractivity contribution in [3.8, 4) is 0 Å². The lowest BCUT2D eigenvalue weighted by atomic mass is 9.96. The van der Waals surface area contributed by atoms with E-state index in [-0.39, 0.29) is 0 Å². The van der Waals surface area contributed by atoms with Gasteiger partial charge in [0.05, 0.1) is 22.8 Å². The van der Waals surface area contributed by atoms with E-state index in [9.17, 15) is 0 Å². The number of nitrogens with zero attached hydrogens (tertiary/aromatic N) is 2. The summed E-state index contributed by atoms with van der Waals surface area (Å²) in [5, 5.41) is 0. The molecule has 46 heavy (non-hydrogen) atoms. The van der Waals surface area contributed by atoms with Gasteiger partial charge in [0.2, 0.25) is 0 Å². The van der Waals surface area contributed by atoms with Gasteiger partial charge in [-0.3, -0.25) is 9.98 Å². The molecule has 0 spiro atoms. The van der Waals surface area contributed by atoms with Crippen LogP contribution in [0.5, 0.6) is 0 Å². The summed E-state index contributed by atoms with van der Waals surface area (Å²) in [5.41, 5.74) is 10.8. The van der Waals surface area contributed by atoms with Crippen molar-refractivity contribution >= 4 is 22.8 Å². The SMILES string of the molecule is CCCCCCCCCCC(=Nc1ccc(CCCC)c(CCCC)c1)C(CCCC)=Nc1ccc(CCCC)c(CCCC)c1. The van der Waals surface area contributed by atoms with E-state index in [1.807, 2.05) is 0 Å². The monoisotopic (exact) mass is 629 g/mol. The van der Waals surface area contributed by atoms with E-state index in [0.717, 1.165) is 43.5 Å². The summed E-state index contributed by atoms with van der Waals surface area (Å²) in [4.78, 5) is 10.9. The van der Waals surface area contributed by atoms with Crippen LogP contribution in [0.3, 0.4) is 0 Å². The van der Waals surface area contributed by atoms with E-state index in [2.05, 4.69) is 77.9 Å². The Morgan fingerprint density at radius 1 is 0.370 bits per heavy atom. The van der Waals surface area contributed by atoms with E-state index >= 15 is 0 Å². The van der Waals surface area contributed by atoms with Crippen LogP contribution in [0.2, 0.25) is 0 Å². The first kappa shape index (κ1) is 40.0. The minimum Gasteiger partial charge on any atom is -0.252 e. The molecule has 258 valence electrons. The Kier molecular flexibility index (Phi) is 22.4. The van der Waals surface area contributed by atoms with Crippen molar-refractivity contribution < 1.29 is 0 Å². The Hall–Kier alpha value is -2.22. The zero-order valence-corrected chi connectivity index (χ0v) is 31.3. The molecule has 0 amide bonds. The topological polar surface area (TPSA) is 24.7 Å². The van der Waals surface area contributed by atoms with Gasteiger partial charge >= 0.3 is 0 Å². The largest absolute Gasteiger partial charge is 0.252 e. The molecule has 0 aromatic heterocycles. The molecule has 2 nitrogen and oxygen atoms in total. The molecule has 0 aliphatic heterocycles. The summed E-state index contributed by atoms with van der Waals surface area (Å²) < 4.78 is 0. The Morgan fingerprint density at radius 3 is 1.13 bits per heavy atom. The van der Waals surface area contributed by atoms with Crippen LogP contribution in [0.1, 0.15) is 192 Å². The highest BCUT2D eigenvalue weighted by Gasteiger charge is 2.13. The highest BCUT2D eigenvalue weighted by Crippen LogP contribution is 2.26. The minimum atomic E-state index is 1.01. The van der Waals surface area contributed by atoms with Gasteiger partial charge < -0.3 is 0 Å². The molecular formula is C44H72N2. The minimum absolute atomic E-state index is 1.01. The smallest absolute Gasteiger partial charge is 0.0636 e. The number of unbranched alkanes of at least 4 members (excludes halogenated alkanes) is 12. The third-order valence-electron chi connectivity index (χ3n) is 9.47. The molecule has 2 heteroatoms. The molecule has 0 saturated heterocycles. The van der Waals surface area contributed by atoms with Crippen LogP contribution in [-0.4, -0.2) is 11.4 Å². The molecule has 0 aliphatic rings. The molecule has 0 saturated carbocycles. The van der Waals surface area contributed by atoms with Crippen LogP contribution < -0.4 is 0 Å². The van der Waals surface area contributed by atoms with Gasteiger partial charge in [-0.05, 0) is 124 Å². The number of aliphatic imine (C=N–C) groups is 2. The van der Waals surface area contributed by atoms with Gasteiger partial charge in [0, 0.05) is 0 Å². The number of hydrogen-bond donors (Lipinski definition) is 0. The standard InChI is InChI=1S/C44H72N2/c1-7-13-19-20-21-22-23-24-30-44(46-42-34-32-38(26-15-9-3)40(36-42)28-17-11-5)43(29-18-12-6)45-41-33-31-37(25-14-8-2)39(35-41)27-16-10-4/h31-36H,7-30H2,1-6H3. The molecule has 2 aromatic rings. The van der Waals surface area contributed by atoms with Gasteiger partial charge in [0.25, 0.3) is 0 Å². The summed E-state index contributed by atoms with van der Waals surface area (Å²) in [6.45, 7) is 13.8.